The van der Waals surface area contributed by atoms with Crippen molar-refractivity contribution in [3.8, 4) is 0 Å². The molecular formula is C22H27N3O3. The summed E-state index contributed by atoms with van der Waals surface area (Å²) in [5, 5.41) is 1.10. The number of carbonyl (C=O) groups excluding carboxylic acids is 2. The lowest BCUT2D eigenvalue weighted by Crippen LogP contribution is -2.51. The fraction of sp³-hybridized carbons (Fsp3) is 0.545. The van der Waals surface area contributed by atoms with Gasteiger partial charge in [-0.2, -0.15) is 0 Å². The van der Waals surface area contributed by atoms with Crippen molar-refractivity contribution in [2.75, 3.05) is 13.2 Å². The number of nitrogens with zero attached hydrogens (tertiary/aromatic N) is 3. The Morgan fingerprint density at radius 3 is 2.75 bits per heavy atom. The molecule has 0 radical (unpaired) electrons. The van der Waals surface area contributed by atoms with E-state index in [2.05, 4.69) is 19.9 Å². The molecule has 1 spiro atoms. The predicted molar refractivity (Wildman–Crippen MR) is 106 cm³/mol. The van der Waals surface area contributed by atoms with Gasteiger partial charge in [-0.05, 0) is 24.5 Å². The molecule has 6 nitrogen and oxygen atoms in total. The number of fused-ring (bicyclic) bond motifs is 1. The maximum Gasteiger partial charge on any atom is 0.271 e. The molecule has 3 saturated heterocycles. The van der Waals surface area contributed by atoms with Crippen molar-refractivity contribution in [3.63, 3.8) is 0 Å². The second-order valence-electron chi connectivity index (χ2n) is 8.75. The molecule has 2 aromatic rings. The first-order chi connectivity index (χ1) is 13.4. The number of para-hydroxylation sites is 1. The van der Waals surface area contributed by atoms with Crippen LogP contribution in [-0.2, 0) is 16.6 Å². The number of likely N-dealkylation sites (tertiary alicyclic amines) is 1. The fourth-order valence-corrected chi connectivity index (χ4v) is 5.64. The van der Waals surface area contributed by atoms with E-state index < -0.39 is 5.72 Å². The van der Waals surface area contributed by atoms with E-state index in [4.69, 9.17) is 4.74 Å². The molecule has 148 valence electrons. The predicted octanol–water partition coefficient (Wildman–Crippen LogP) is 2.68. The Morgan fingerprint density at radius 2 is 2.04 bits per heavy atom. The summed E-state index contributed by atoms with van der Waals surface area (Å²) in [6.45, 7) is 7.46. The molecule has 0 bridgehead atoms. The van der Waals surface area contributed by atoms with Crippen LogP contribution in [0.25, 0.3) is 10.9 Å². The average molecular weight is 381 g/mol. The van der Waals surface area contributed by atoms with Gasteiger partial charge in [0.05, 0.1) is 25.1 Å². The zero-order chi connectivity index (χ0) is 19.8. The van der Waals surface area contributed by atoms with Crippen LogP contribution < -0.4 is 0 Å². The molecule has 3 atom stereocenters. The quantitative estimate of drug-likeness (QED) is 0.804. The van der Waals surface area contributed by atoms with Crippen LogP contribution in [0, 0.1) is 12.8 Å². The van der Waals surface area contributed by atoms with Crippen LogP contribution >= 0.6 is 0 Å². The van der Waals surface area contributed by atoms with Gasteiger partial charge >= 0.3 is 0 Å². The maximum atomic E-state index is 13.6. The molecular weight excluding hydrogens is 354 g/mol. The number of ether oxygens (including phenoxy) is 1. The van der Waals surface area contributed by atoms with Gasteiger partial charge in [0.15, 0.2) is 5.72 Å². The molecule has 3 aliphatic heterocycles. The Balaban J connectivity index is 1.53. The van der Waals surface area contributed by atoms with Gasteiger partial charge in [0, 0.05) is 30.9 Å². The van der Waals surface area contributed by atoms with Crippen LogP contribution in [0.15, 0.2) is 24.3 Å². The van der Waals surface area contributed by atoms with Crippen molar-refractivity contribution in [2.24, 2.45) is 13.0 Å². The Hall–Kier alpha value is -2.34. The van der Waals surface area contributed by atoms with Crippen molar-refractivity contribution in [1.82, 2.24) is 14.4 Å². The first-order valence-corrected chi connectivity index (χ1v) is 10.2. The fourth-order valence-electron chi connectivity index (χ4n) is 5.64. The second kappa shape index (κ2) is 5.83. The molecule has 4 heterocycles. The largest absolute Gasteiger partial charge is 0.351 e. The van der Waals surface area contributed by atoms with Crippen LogP contribution in [0.3, 0.4) is 0 Å². The number of amides is 2. The molecule has 1 aromatic carbocycles. The first kappa shape index (κ1) is 17.7. The van der Waals surface area contributed by atoms with Crippen molar-refractivity contribution >= 4 is 22.7 Å². The summed E-state index contributed by atoms with van der Waals surface area (Å²) < 4.78 is 8.26. The van der Waals surface area contributed by atoms with E-state index in [0.717, 1.165) is 16.5 Å². The summed E-state index contributed by atoms with van der Waals surface area (Å²) in [4.78, 5) is 30.3. The van der Waals surface area contributed by atoms with Gasteiger partial charge in [-0.15, -0.1) is 0 Å². The Labute approximate surface area is 165 Å². The standard InChI is InChI=1S/C22H27N3O3/c1-13(2)17-12-28-22-9-10-24(18(22)11-19(26)25(17)22)21(27)20-14(3)15-7-5-6-8-16(15)23(20)4/h5-8,13,17-18H,9-12H2,1-4H3/t17-,18+,22-/m0/s1. The highest BCUT2D eigenvalue weighted by molar-refractivity contribution is 6.02. The number of hydrogen-bond acceptors (Lipinski definition) is 3. The second-order valence-corrected chi connectivity index (χ2v) is 8.75. The summed E-state index contributed by atoms with van der Waals surface area (Å²) in [6, 6.07) is 7.99. The van der Waals surface area contributed by atoms with Gasteiger partial charge in [-0.25, -0.2) is 0 Å². The van der Waals surface area contributed by atoms with Crippen molar-refractivity contribution in [2.45, 2.75) is 51.4 Å². The minimum Gasteiger partial charge on any atom is -0.351 e. The molecule has 3 aliphatic rings. The third kappa shape index (κ3) is 2.07. The lowest BCUT2D eigenvalue weighted by molar-refractivity contribution is -0.139. The summed E-state index contributed by atoms with van der Waals surface area (Å²) >= 11 is 0. The molecule has 0 unspecified atom stereocenters. The van der Waals surface area contributed by atoms with Crippen molar-refractivity contribution in [3.05, 3.63) is 35.5 Å². The molecule has 0 N–H and O–H groups in total. The number of aromatic nitrogens is 1. The van der Waals surface area contributed by atoms with E-state index in [1.54, 1.807) is 0 Å². The van der Waals surface area contributed by atoms with Crippen molar-refractivity contribution < 1.29 is 14.3 Å². The van der Waals surface area contributed by atoms with Crippen LogP contribution in [0.4, 0.5) is 0 Å². The molecule has 0 aliphatic carbocycles. The average Bonchev–Trinajstić information content (AvgIpc) is 3.35. The van der Waals surface area contributed by atoms with Gasteiger partial charge in [-0.3, -0.25) is 9.59 Å². The van der Waals surface area contributed by atoms with Gasteiger partial charge in [0.1, 0.15) is 5.69 Å². The maximum absolute atomic E-state index is 13.6. The minimum atomic E-state index is -0.625. The lowest BCUT2D eigenvalue weighted by Gasteiger charge is -2.34. The summed E-state index contributed by atoms with van der Waals surface area (Å²) in [5.74, 6) is 0.462. The smallest absolute Gasteiger partial charge is 0.271 e. The number of rotatable bonds is 2. The molecule has 0 saturated carbocycles. The highest BCUT2D eigenvalue weighted by Crippen LogP contribution is 2.49. The number of hydrogen-bond donors (Lipinski definition) is 0. The Kier molecular flexibility index (Phi) is 3.69. The van der Waals surface area contributed by atoms with Crippen LogP contribution in [0.5, 0.6) is 0 Å². The summed E-state index contributed by atoms with van der Waals surface area (Å²) in [5.41, 5.74) is 2.14. The molecule has 2 amide bonds. The number of carbonyl (C=O) groups is 2. The topological polar surface area (TPSA) is 54.8 Å². The minimum absolute atomic E-state index is 0.00400. The van der Waals surface area contributed by atoms with E-state index in [-0.39, 0.29) is 23.9 Å². The lowest BCUT2D eigenvalue weighted by atomic mass is 10.0. The van der Waals surface area contributed by atoms with Gasteiger partial charge in [-0.1, -0.05) is 32.0 Å². The third-order valence-corrected chi connectivity index (χ3v) is 7.08. The molecule has 3 fully saturated rings. The van der Waals surface area contributed by atoms with Crippen LogP contribution in [0.2, 0.25) is 0 Å². The Morgan fingerprint density at radius 1 is 1.29 bits per heavy atom. The van der Waals surface area contributed by atoms with E-state index in [9.17, 15) is 9.59 Å². The first-order valence-electron chi connectivity index (χ1n) is 10.2. The van der Waals surface area contributed by atoms with E-state index in [1.807, 2.05) is 46.5 Å². The van der Waals surface area contributed by atoms with Crippen LogP contribution in [-0.4, -0.2) is 57.1 Å². The Bertz CT molecular complexity index is 955. The van der Waals surface area contributed by atoms with Gasteiger partial charge < -0.3 is 19.1 Å². The molecule has 28 heavy (non-hydrogen) atoms. The van der Waals surface area contributed by atoms with Gasteiger partial charge in [0.25, 0.3) is 5.91 Å². The SMILES string of the molecule is Cc1c(C(=O)N2CC[C@@]34OC[C@@H](C(C)C)N3C(=O)C[C@@H]24)n(C)c2ccccc12. The summed E-state index contributed by atoms with van der Waals surface area (Å²) in [6.07, 6.45) is 1.05. The van der Waals surface area contributed by atoms with E-state index in [1.165, 1.54) is 0 Å². The van der Waals surface area contributed by atoms with E-state index >= 15 is 0 Å². The number of benzene rings is 1. The summed E-state index contributed by atoms with van der Waals surface area (Å²) in [7, 11) is 1.95. The molecule has 6 heteroatoms. The molecule has 1 aromatic heterocycles. The van der Waals surface area contributed by atoms with E-state index in [0.29, 0.717) is 37.6 Å². The van der Waals surface area contributed by atoms with Crippen molar-refractivity contribution in [1.29, 1.82) is 0 Å². The third-order valence-electron chi connectivity index (χ3n) is 7.08. The highest BCUT2D eigenvalue weighted by Gasteiger charge is 2.65. The monoisotopic (exact) mass is 381 g/mol. The normalized spacial score (nSPS) is 29.2. The highest BCUT2D eigenvalue weighted by atomic mass is 16.5. The zero-order valence-electron chi connectivity index (χ0n) is 16.9. The molecule has 5 rings (SSSR count). The number of aryl methyl sites for hydroxylation is 2. The van der Waals surface area contributed by atoms with Crippen LogP contribution in [0.1, 0.15) is 42.7 Å². The zero-order valence-corrected chi connectivity index (χ0v) is 16.9. The van der Waals surface area contributed by atoms with Gasteiger partial charge in [0.2, 0.25) is 5.91 Å².